The molecule has 0 bridgehead atoms. The average molecular weight is 388 g/mol. The van der Waals surface area contributed by atoms with Gasteiger partial charge in [0, 0.05) is 19.7 Å². The standard InChI is InChI=1S/C21H22ClNO4/c1-4-26-19-13-15(10-11-18(24)16-8-6-5-7-9-16)12-17(22)21(19)27-14-20(25)23(2)3/h5-13H,4,14H2,1-3H3. The first-order valence-electron chi connectivity index (χ1n) is 8.49. The van der Waals surface area contributed by atoms with Crippen LogP contribution in [-0.2, 0) is 4.79 Å². The molecule has 2 rings (SSSR count). The second-order valence-corrected chi connectivity index (χ2v) is 6.31. The number of allylic oxidation sites excluding steroid dienone is 1. The SMILES string of the molecule is CCOc1cc(C=CC(=O)c2ccccc2)cc(Cl)c1OCC(=O)N(C)C. The molecule has 0 radical (unpaired) electrons. The molecular weight excluding hydrogens is 366 g/mol. The number of nitrogens with zero attached hydrogens (tertiary/aromatic N) is 1. The number of carbonyl (C=O) groups is 2. The molecule has 27 heavy (non-hydrogen) atoms. The Kier molecular flexibility index (Phi) is 7.44. The van der Waals surface area contributed by atoms with E-state index in [2.05, 4.69) is 0 Å². The van der Waals surface area contributed by atoms with Gasteiger partial charge in [0.05, 0.1) is 11.6 Å². The van der Waals surface area contributed by atoms with Crippen LogP contribution in [0.4, 0.5) is 0 Å². The normalized spacial score (nSPS) is 10.7. The highest BCUT2D eigenvalue weighted by Gasteiger charge is 2.14. The lowest BCUT2D eigenvalue weighted by Crippen LogP contribution is -2.27. The zero-order valence-electron chi connectivity index (χ0n) is 15.6. The summed E-state index contributed by atoms with van der Waals surface area (Å²) in [7, 11) is 3.29. The number of hydrogen-bond donors (Lipinski definition) is 0. The third-order valence-corrected chi connectivity index (χ3v) is 3.94. The molecule has 0 fully saturated rings. The minimum Gasteiger partial charge on any atom is -0.490 e. The zero-order valence-corrected chi connectivity index (χ0v) is 16.3. The van der Waals surface area contributed by atoms with Crippen molar-refractivity contribution in [3.05, 3.63) is 64.7 Å². The Hall–Kier alpha value is -2.79. The van der Waals surface area contributed by atoms with Crippen molar-refractivity contribution in [1.82, 2.24) is 4.90 Å². The van der Waals surface area contributed by atoms with Crippen LogP contribution in [0, 0.1) is 0 Å². The summed E-state index contributed by atoms with van der Waals surface area (Å²) >= 11 is 6.32. The molecule has 0 aliphatic rings. The lowest BCUT2D eigenvalue weighted by Gasteiger charge is -2.16. The van der Waals surface area contributed by atoms with Crippen LogP contribution in [0.25, 0.3) is 6.08 Å². The van der Waals surface area contributed by atoms with Gasteiger partial charge in [-0.2, -0.15) is 0 Å². The number of ether oxygens (including phenoxy) is 2. The van der Waals surface area contributed by atoms with Gasteiger partial charge < -0.3 is 14.4 Å². The first-order valence-corrected chi connectivity index (χ1v) is 8.87. The molecule has 0 aromatic heterocycles. The van der Waals surface area contributed by atoms with Gasteiger partial charge in [-0.25, -0.2) is 0 Å². The molecule has 5 nitrogen and oxygen atoms in total. The third kappa shape index (κ3) is 5.86. The van der Waals surface area contributed by atoms with Gasteiger partial charge in [0.1, 0.15) is 0 Å². The van der Waals surface area contributed by atoms with Crippen molar-refractivity contribution >= 4 is 29.4 Å². The Bertz CT molecular complexity index is 832. The minimum atomic E-state index is -0.189. The molecule has 0 spiro atoms. The first kappa shape index (κ1) is 20.5. The topological polar surface area (TPSA) is 55.8 Å². The van der Waals surface area contributed by atoms with E-state index in [9.17, 15) is 9.59 Å². The summed E-state index contributed by atoms with van der Waals surface area (Å²) in [6.45, 7) is 2.10. The van der Waals surface area contributed by atoms with Crippen LogP contribution in [0.15, 0.2) is 48.5 Å². The lowest BCUT2D eigenvalue weighted by molar-refractivity contribution is -0.130. The Morgan fingerprint density at radius 3 is 2.44 bits per heavy atom. The highest BCUT2D eigenvalue weighted by atomic mass is 35.5. The molecule has 0 heterocycles. The number of likely N-dealkylation sites (N-methyl/N-ethyl adjacent to an activating group) is 1. The van der Waals surface area contributed by atoms with Crippen LogP contribution in [-0.4, -0.2) is 43.9 Å². The van der Waals surface area contributed by atoms with Crippen molar-refractivity contribution in [2.24, 2.45) is 0 Å². The smallest absolute Gasteiger partial charge is 0.259 e. The largest absolute Gasteiger partial charge is 0.490 e. The molecule has 0 atom stereocenters. The maximum Gasteiger partial charge on any atom is 0.259 e. The monoisotopic (exact) mass is 387 g/mol. The fourth-order valence-corrected chi connectivity index (χ4v) is 2.49. The van der Waals surface area contributed by atoms with E-state index in [1.54, 1.807) is 44.4 Å². The van der Waals surface area contributed by atoms with Crippen LogP contribution >= 0.6 is 11.6 Å². The molecular formula is C21H22ClNO4. The molecule has 0 saturated carbocycles. The summed E-state index contributed by atoms with van der Waals surface area (Å²) < 4.78 is 11.1. The van der Waals surface area contributed by atoms with Crippen LogP contribution in [0.5, 0.6) is 11.5 Å². The maximum atomic E-state index is 12.2. The Labute approximate surface area is 164 Å². The Morgan fingerprint density at radius 2 is 1.81 bits per heavy atom. The second kappa shape index (κ2) is 9.78. The Morgan fingerprint density at radius 1 is 1.11 bits per heavy atom. The van der Waals surface area contributed by atoms with Gasteiger partial charge in [-0.05, 0) is 30.7 Å². The van der Waals surface area contributed by atoms with Crippen LogP contribution in [0.3, 0.4) is 0 Å². The van der Waals surface area contributed by atoms with Crippen molar-refractivity contribution in [3.8, 4) is 11.5 Å². The van der Waals surface area contributed by atoms with E-state index in [0.29, 0.717) is 34.3 Å². The van der Waals surface area contributed by atoms with Crippen molar-refractivity contribution < 1.29 is 19.1 Å². The van der Waals surface area contributed by atoms with Gasteiger partial charge in [0.25, 0.3) is 5.91 Å². The number of halogens is 1. The highest BCUT2D eigenvalue weighted by molar-refractivity contribution is 6.32. The number of amides is 1. The zero-order chi connectivity index (χ0) is 19.8. The van der Waals surface area contributed by atoms with E-state index in [0.717, 1.165) is 0 Å². The summed E-state index contributed by atoms with van der Waals surface area (Å²) in [6.07, 6.45) is 3.14. The molecule has 0 N–H and O–H groups in total. The van der Waals surface area contributed by atoms with Gasteiger partial charge in [0.15, 0.2) is 23.9 Å². The molecule has 6 heteroatoms. The number of ketones is 1. The van der Waals surface area contributed by atoms with Crippen molar-refractivity contribution in [2.75, 3.05) is 27.3 Å². The summed E-state index contributed by atoms with van der Waals surface area (Å²) in [6, 6.07) is 12.4. The van der Waals surface area contributed by atoms with E-state index >= 15 is 0 Å². The number of hydrogen-bond acceptors (Lipinski definition) is 4. The van der Waals surface area contributed by atoms with E-state index in [4.69, 9.17) is 21.1 Å². The fourth-order valence-electron chi connectivity index (χ4n) is 2.22. The number of carbonyl (C=O) groups excluding carboxylic acids is 2. The average Bonchev–Trinajstić information content (AvgIpc) is 2.66. The minimum absolute atomic E-state index is 0.110. The summed E-state index contributed by atoms with van der Waals surface area (Å²) in [5, 5.41) is 0.305. The highest BCUT2D eigenvalue weighted by Crippen LogP contribution is 2.37. The number of benzene rings is 2. The van der Waals surface area contributed by atoms with Gasteiger partial charge in [-0.1, -0.05) is 48.0 Å². The first-order chi connectivity index (χ1) is 12.9. The number of rotatable bonds is 8. The summed E-state index contributed by atoms with van der Waals surface area (Å²) in [5.41, 5.74) is 1.30. The van der Waals surface area contributed by atoms with Gasteiger partial charge in [-0.3, -0.25) is 9.59 Å². The molecule has 0 aliphatic carbocycles. The molecule has 2 aromatic rings. The van der Waals surface area contributed by atoms with Crippen LogP contribution in [0.1, 0.15) is 22.8 Å². The molecule has 0 unspecified atom stereocenters. The van der Waals surface area contributed by atoms with E-state index in [-0.39, 0.29) is 18.3 Å². The van der Waals surface area contributed by atoms with E-state index in [1.807, 2.05) is 25.1 Å². The second-order valence-electron chi connectivity index (χ2n) is 5.90. The van der Waals surface area contributed by atoms with Gasteiger partial charge in [-0.15, -0.1) is 0 Å². The van der Waals surface area contributed by atoms with E-state index < -0.39 is 0 Å². The lowest BCUT2D eigenvalue weighted by atomic mass is 10.1. The quantitative estimate of drug-likeness (QED) is 0.505. The molecule has 0 saturated heterocycles. The van der Waals surface area contributed by atoms with Gasteiger partial charge in [0.2, 0.25) is 0 Å². The maximum absolute atomic E-state index is 12.2. The van der Waals surface area contributed by atoms with Gasteiger partial charge >= 0.3 is 0 Å². The Balaban J connectivity index is 2.22. The van der Waals surface area contributed by atoms with E-state index in [1.165, 1.54) is 11.0 Å². The predicted octanol–water partition coefficient (Wildman–Crippen LogP) is 4.10. The predicted molar refractivity (Wildman–Crippen MR) is 107 cm³/mol. The summed E-state index contributed by atoms with van der Waals surface area (Å²) in [5.74, 6) is 0.427. The molecule has 1 amide bonds. The van der Waals surface area contributed by atoms with Crippen LogP contribution in [0.2, 0.25) is 5.02 Å². The third-order valence-electron chi connectivity index (χ3n) is 3.66. The summed E-state index contributed by atoms with van der Waals surface area (Å²) in [4.78, 5) is 25.4. The molecule has 2 aromatic carbocycles. The molecule has 0 aliphatic heterocycles. The van der Waals surface area contributed by atoms with Crippen molar-refractivity contribution in [3.63, 3.8) is 0 Å². The van der Waals surface area contributed by atoms with Crippen molar-refractivity contribution in [2.45, 2.75) is 6.92 Å². The molecule has 142 valence electrons. The fraction of sp³-hybridized carbons (Fsp3) is 0.238. The van der Waals surface area contributed by atoms with Crippen LogP contribution < -0.4 is 9.47 Å². The van der Waals surface area contributed by atoms with Crippen molar-refractivity contribution in [1.29, 1.82) is 0 Å².